The van der Waals surface area contributed by atoms with Gasteiger partial charge < -0.3 is 19.7 Å². The summed E-state index contributed by atoms with van der Waals surface area (Å²) < 4.78 is 24.9. The molecule has 1 aromatic heterocycles. The normalized spacial score (nSPS) is 23.0. The molecule has 1 aromatic rings. The monoisotopic (exact) mass is 419 g/mol. The summed E-state index contributed by atoms with van der Waals surface area (Å²) in [4.78, 5) is 36.0. The highest BCUT2D eigenvalue weighted by atomic mass is 19.1. The number of unbranched alkanes of at least 4 members (excludes halogenated alkanes) is 2. The van der Waals surface area contributed by atoms with Crippen LogP contribution in [0.5, 0.6) is 0 Å². The van der Waals surface area contributed by atoms with E-state index in [4.69, 9.17) is 14.3 Å². The van der Waals surface area contributed by atoms with Crippen LogP contribution < -0.4 is 22.3 Å². The van der Waals surface area contributed by atoms with Crippen LogP contribution in [0.2, 0.25) is 0 Å². The van der Waals surface area contributed by atoms with Crippen molar-refractivity contribution in [2.75, 3.05) is 11.9 Å². The smallest absolute Gasteiger partial charge is 0.412 e. The van der Waals surface area contributed by atoms with Crippen LogP contribution in [-0.4, -0.2) is 57.2 Å². The highest BCUT2D eigenvalue weighted by Crippen LogP contribution is 2.28. The van der Waals surface area contributed by atoms with Gasteiger partial charge in [0, 0.05) is 0 Å². The number of hydrogen-bond donors (Lipinski definition) is 5. The number of hydrazine groups is 1. The topological polar surface area (TPSA) is 178 Å². The molecule has 0 unspecified atom stereocenters. The lowest BCUT2D eigenvalue weighted by atomic mass is 10.1. The molecule has 1 aliphatic rings. The molecule has 1 fully saturated rings. The maximum atomic E-state index is 14.1. The summed E-state index contributed by atoms with van der Waals surface area (Å²) in [5, 5.41) is 21.6. The molecule has 0 bridgehead atoms. The summed E-state index contributed by atoms with van der Waals surface area (Å²) in [7, 11) is 0. The Balaban J connectivity index is 0.000000960. The Morgan fingerprint density at radius 2 is 2.10 bits per heavy atom. The lowest BCUT2D eigenvalue weighted by molar-refractivity contribution is -0.109. The first-order valence-electron chi connectivity index (χ1n) is 8.90. The molecule has 0 saturated carbocycles. The Labute approximate surface area is 165 Å². The number of carbonyl (C=O) groups is 2. The van der Waals surface area contributed by atoms with Gasteiger partial charge in [0.05, 0.1) is 18.9 Å². The van der Waals surface area contributed by atoms with Crippen LogP contribution >= 0.6 is 0 Å². The average Bonchev–Trinajstić information content (AvgIpc) is 2.95. The summed E-state index contributed by atoms with van der Waals surface area (Å²) in [6, 6.07) is 0. The second-order valence-electron chi connectivity index (χ2n) is 6.09. The second kappa shape index (κ2) is 12.1. The Hall–Kier alpha value is -2.61. The van der Waals surface area contributed by atoms with Gasteiger partial charge in [0.2, 0.25) is 6.41 Å². The van der Waals surface area contributed by atoms with Crippen LogP contribution in [0.15, 0.2) is 11.0 Å². The van der Waals surface area contributed by atoms with Crippen molar-refractivity contribution < 1.29 is 33.7 Å². The molecule has 0 aliphatic carbocycles. The fourth-order valence-electron chi connectivity index (χ4n) is 2.42. The fourth-order valence-corrected chi connectivity index (χ4v) is 2.42. The Kier molecular flexibility index (Phi) is 10.2. The Morgan fingerprint density at radius 3 is 2.62 bits per heavy atom. The standard InChI is InChI=1S/C15H22FN3O6.CH4N2O/c1-3-4-5-6-24-15(23)18-12-9(16)7-19(14(22)17-12)13-11(21)10(20)8(2)25-13;2-3-1-4/h7-8,10-11,13,20-21H,3-6H2,1-2H3,(H,17,18,22,23);1H,2H2,(H,3,4)/t8-,10-,11-,13-;/m1./s1. The number of aliphatic hydroxyl groups excluding tert-OH is 2. The van der Waals surface area contributed by atoms with Crippen LogP contribution in [-0.2, 0) is 14.3 Å². The van der Waals surface area contributed by atoms with Crippen molar-refractivity contribution in [3.63, 3.8) is 0 Å². The van der Waals surface area contributed by atoms with Gasteiger partial charge in [-0.2, -0.15) is 4.98 Å². The molecule has 12 nitrogen and oxygen atoms in total. The third-order valence-corrected chi connectivity index (χ3v) is 3.93. The molecule has 0 radical (unpaired) electrons. The zero-order valence-corrected chi connectivity index (χ0v) is 16.1. The average molecular weight is 419 g/mol. The number of aliphatic hydroxyl groups is 2. The third-order valence-electron chi connectivity index (χ3n) is 3.93. The van der Waals surface area contributed by atoms with Crippen molar-refractivity contribution in [2.45, 2.75) is 57.6 Å². The number of carbonyl (C=O) groups excluding carboxylic acids is 2. The summed E-state index contributed by atoms with van der Waals surface area (Å²) in [5.41, 5.74) is 0.799. The van der Waals surface area contributed by atoms with E-state index in [0.717, 1.165) is 23.6 Å². The molecule has 13 heteroatoms. The van der Waals surface area contributed by atoms with E-state index in [1.165, 1.54) is 6.92 Å². The molecule has 2 rings (SSSR count). The summed E-state index contributed by atoms with van der Waals surface area (Å²) in [5.74, 6) is 2.82. The Morgan fingerprint density at radius 1 is 1.45 bits per heavy atom. The van der Waals surface area contributed by atoms with Crippen molar-refractivity contribution in [1.82, 2.24) is 15.0 Å². The van der Waals surface area contributed by atoms with Crippen LogP contribution in [0.4, 0.5) is 15.0 Å². The van der Waals surface area contributed by atoms with Gasteiger partial charge in [0.25, 0.3) is 0 Å². The third kappa shape index (κ3) is 7.05. The predicted octanol–water partition coefficient (Wildman–Crippen LogP) is -0.634. The molecule has 1 aliphatic heterocycles. The molecular formula is C16H26FN5O7. The van der Waals surface area contributed by atoms with Crippen molar-refractivity contribution in [3.8, 4) is 0 Å². The number of hydrogen-bond acceptors (Lipinski definition) is 9. The summed E-state index contributed by atoms with van der Waals surface area (Å²) in [6.45, 7) is 3.68. The lowest BCUT2D eigenvalue weighted by Gasteiger charge is -2.17. The highest BCUT2D eigenvalue weighted by molar-refractivity contribution is 5.83. The van der Waals surface area contributed by atoms with Crippen molar-refractivity contribution >= 4 is 18.3 Å². The zero-order chi connectivity index (χ0) is 22.0. The molecule has 2 amide bonds. The number of nitrogens with zero attached hydrogens (tertiary/aromatic N) is 2. The Bertz CT molecular complexity index is 732. The van der Waals surface area contributed by atoms with Gasteiger partial charge in [-0.3, -0.25) is 20.1 Å². The van der Waals surface area contributed by atoms with Gasteiger partial charge in [-0.15, -0.1) is 0 Å². The lowest BCUT2D eigenvalue weighted by Crippen LogP contribution is -2.36. The van der Waals surface area contributed by atoms with E-state index in [1.807, 2.05) is 6.92 Å². The molecule has 29 heavy (non-hydrogen) atoms. The van der Waals surface area contributed by atoms with E-state index >= 15 is 0 Å². The largest absolute Gasteiger partial charge is 0.449 e. The zero-order valence-electron chi connectivity index (χ0n) is 16.1. The first kappa shape index (κ1) is 24.4. The van der Waals surface area contributed by atoms with Gasteiger partial charge in [-0.05, 0) is 13.3 Å². The van der Waals surface area contributed by atoms with E-state index in [0.29, 0.717) is 12.8 Å². The minimum atomic E-state index is -1.41. The van der Waals surface area contributed by atoms with Crippen LogP contribution in [0, 0.1) is 5.82 Å². The summed E-state index contributed by atoms with van der Waals surface area (Å²) >= 11 is 0. The molecule has 0 spiro atoms. The van der Waals surface area contributed by atoms with Crippen LogP contribution in [0.1, 0.15) is 39.3 Å². The number of halogens is 1. The first-order valence-corrected chi connectivity index (χ1v) is 8.90. The number of ether oxygens (including phenoxy) is 2. The fraction of sp³-hybridized carbons (Fsp3) is 0.625. The molecule has 0 aromatic carbocycles. The molecule has 164 valence electrons. The van der Waals surface area contributed by atoms with Gasteiger partial charge >= 0.3 is 11.8 Å². The second-order valence-corrected chi connectivity index (χ2v) is 6.09. The van der Waals surface area contributed by atoms with E-state index in [1.54, 1.807) is 5.43 Å². The number of amides is 2. The minimum absolute atomic E-state index is 0.177. The van der Waals surface area contributed by atoms with Crippen molar-refractivity contribution in [1.29, 1.82) is 0 Å². The summed E-state index contributed by atoms with van der Waals surface area (Å²) in [6.07, 6.45) is -1.85. The highest BCUT2D eigenvalue weighted by Gasteiger charge is 2.42. The number of rotatable bonds is 7. The molecular weight excluding hydrogens is 393 g/mol. The van der Waals surface area contributed by atoms with Gasteiger partial charge in [-0.1, -0.05) is 19.8 Å². The number of anilines is 1. The minimum Gasteiger partial charge on any atom is -0.449 e. The van der Waals surface area contributed by atoms with Gasteiger partial charge in [0.15, 0.2) is 17.9 Å². The van der Waals surface area contributed by atoms with E-state index in [9.17, 15) is 24.2 Å². The molecule has 6 N–H and O–H groups in total. The van der Waals surface area contributed by atoms with Crippen LogP contribution in [0.25, 0.3) is 0 Å². The molecule has 4 atom stereocenters. The molecule has 2 heterocycles. The van der Waals surface area contributed by atoms with Gasteiger partial charge in [-0.25, -0.2) is 19.8 Å². The molecule has 1 saturated heterocycles. The van der Waals surface area contributed by atoms with E-state index in [2.05, 4.69) is 16.1 Å². The first-order chi connectivity index (χ1) is 13.8. The van der Waals surface area contributed by atoms with E-state index in [-0.39, 0.29) is 6.61 Å². The maximum Gasteiger partial charge on any atom is 0.412 e. The van der Waals surface area contributed by atoms with Gasteiger partial charge in [0.1, 0.15) is 12.2 Å². The van der Waals surface area contributed by atoms with Crippen molar-refractivity contribution in [2.24, 2.45) is 5.84 Å². The number of nitrogens with two attached hydrogens (primary N) is 1. The van der Waals surface area contributed by atoms with E-state index < -0.39 is 48.0 Å². The quantitative estimate of drug-likeness (QED) is 0.126. The SMILES string of the molecule is CCCCCOC(=O)Nc1nc(=O)n([C@@H]2O[C@H](C)[C@@H](O)[C@H]2O)cc1F.NNC=O. The predicted molar refractivity (Wildman–Crippen MR) is 97.9 cm³/mol. The number of nitrogens with one attached hydrogen (secondary N) is 2. The maximum absolute atomic E-state index is 14.1. The number of aromatic nitrogens is 2. The van der Waals surface area contributed by atoms with Crippen LogP contribution in [0.3, 0.4) is 0 Å². The van der Waals surface area contributed by atoms with Crippen molar-refractivity contribution in [3.05, 3.63) is 22.5 Å².